The molecular weight excluding hydrogens is 402 g/mol. The molecule has 2 aromatic rings. The number of ether oxygens (including phenoxy) is 1. The lowest BCUT2D eigenvalue weighted by Gasteiger charge is -2.35. The molecule has 32 heavy (non-hydrogen) atoms. The summed E-state index contributed by atoms with van der Waals surface area (Å²) in [5.41, 5.74) is 2.50. The second-order valence-corrected chi connectivity index (χ2v) is 8.31. The van der Waals surface area contributed by atoms with Crippen LogP contribution in [0.1, 0.15) is 44.0 Å². The molecule has 1 saturated heterocycles. The number of rotatable bonds is 8. The first-order chi connectivity index (χ1) is 15.5. The number of hydrogen-bond donors (Lipinski definition) is 0. The molecule has 0 radical (unpaired) electrons. The average Bonchev–Trinajstić information content (AvgIpc) is 2.79. The Labute approximate surface area is 190 Å². The number of benzene rings is 1. The highest BCUT2D eigenvalue weighted by molar-refractivity contribution is 6.05. The number of pyridine rings is 1. The maximum absolute atomic E-state index is 13.7. The minimum Gasteiger partial charge on any atom is -0.462 e. The molecule has 0 saturated carbocycles. The molecule has 3 rings (SSSR count). The first-order valence-corrected chi connectivity index (χ1v) is 11.5. The number of piperazine rings is 1. The fraction of sp³-hybridized carbons (Fsp3) is 0.462. The normalized spacial score (nSPS) is 15.6. The van der Waals surface area contributed by atoms with E-state index in [4.69, 9.17) is 4.74 Å². The molecular formula is C26H35N3O3. The van der Waals surface area contributed by atoms with Crippen LogP contribution in [0.3, 0.4) is 0 Å². The molecule has 0 aliphatic carbocycles. The maximum Gasteiger partial charge on any atom is 0.345 e. The summed E-state index contributed by atoms with van der Waals surface area (Å²) in [4.78, 5) is 31.2. The van der Waals surface area contributed by atoms with Crippen LogP contribution in [0.4, 0.5) is 5.69 Å². The molecule has 2 heterocycles. The number of aromatic nitrogens is 1. The molecule has 172 valence electrons. The van der Waals surface area contributed by atoms with Crippen molar-refractivity contribution in [1.82, 2.24) is 9.47 Å². The number of likely N-dealkylation sites (N-methyl/N-ethyl adjacent to an activating group) is 1. The van der Waals surface area contributed by atoms with Gasteiger partial charge in [-0.2, -0.15) is 0 Å². The summed E-state index contributed by atoms with van der Waals surface area (Å²) in [5, 5.41) is 0.915. The maximum atomic E-state index is 13.7. The molecule has 0 amide bonds. The molecule has 1 fully saturated rings. The molecule has 1 aromatic carbocycles. The predicted octanol–water partition coefficient (Wildman–Crippen LogP) is 4.23. The van der Waals surface area contributed by atoms with Gasteiger partial charge in [-0.1, -0.05) is 48.9 Å². The van der Waals surface area contributed by atoms with Gasteiger partial charge in [0.25, 0.3) is 5.56 Å². The highest BCUT2D eigenvalue weighted by Gasteiger charge is 2.28. The Balaban J connectivity index is 2.16. The van der Waals surface area contributed by atoms with Crippen molar-refractivity contribution < 1.29 is 9.53 Å². The largest absolute Gasteiger partial charge is 0.462 e. The summed E-state index contributed by atoms with van der Waals surface area (Å²) in [6.45, 7) is 9.86. The quantitative estimate of drug-likeness (QED) is 0.457. The van der Waals surface area contributed by atoms with Gasteiger partial charge in [-0.3, -0.25) is 4.79 Å². The van der Waals surface area contributed by atoms with Gasteiger partial charge in [-0.15, -0.1) is 0 Å². The lowest BCUT2D eigenvalue weighted by molar-refractivity contribution is 0.0524. The third kappa shape index (κ3) is 5.30. The van der Waals surface area contributed by atoms with Gasteiger partial charge in [-0.25, -0.2) is 4.79 Å². The minimum atomic E-state index is -0.543. The van der Waals surface area contributed by atoms with E-state index in [9.17, 15) is 9.59 Å². The molecule has 0 unspecified atom stereocenters. The number of hydrogen-bond acceptors (Lipinski definition) is 5. The van der Waals surface area contributed by atoms with E-state index in [1.165, 1.54) is 0 Å². The van der Waals surface area contributed by atoms with E-state index in [1.54, 1.807) is 11.5 Å². The predicted molar refractivity (Wildman–Crippen MR) is 132 cm³/mol. The highest BCUT2D eigenvalue weighted by Crippen LogP contribution is 2.30. The van der Waals surface area contributed by atoms with Crippen molar-refractivity contribution in [2.45, 2.75) is 40.2 Å². The summed E-state index contributed by atoms with van der Waals surface area (Å²) >= 11 is 0. The van der Waals surface area contributed by atoms with Crippen molar-refractivity contribution in [1.29, 1.82) is 0 Å². The SMILES string of the molecule is CC/C=C\C/C=C(\C)Cn1c(=O)c(C(=O)OCC)c(N2CCN(C)CC2)c2ccccc21. The van der Waals surface area contributed by atoms with Crippen LogP contribution < -0.4 is 10.5 Å². The molecule has 1 aliphatic heterocycles. The van der Waals surface area contributed by atoms with Gasteiger partial charge in [0.1, 0.15) is 5.56 Å². The lowest BCUT2D eigenvalue weighted by Crippen LogP contribution is -2.46. The van der Waals surface area contributed by atoms with Gasteiger partial charge in [0.05, 0.1) is 17.8 Å². The van der Waals surface area contributed by atoms with Gasteiger partial charge >= 0.3 is 5.97 Å². The van der Waals surface area contributed by atoms with E-state index in [1.807, 2.05) is 31.2 Å². The number of nitrogens with zero attached hydrogens (tertiary/aromatic N) is 3. The molecule has 1 aliphatic rings. The van der Waals surface area contributed by atoms with E-state index in [2.05, 4.69) is 42.0 Å². The molecule has 0 bridgehead atoms. The monoisotopic (exact) mass is 437 g/mol. The van der Waals surface area contributed by atoms with Gasteiger partial charge < -0.3 is 19.1 Å². The Hall–Kier alpha value is -2.86. The first kappa shape index (κ1) is 23.8. The third-order valence-electron chi connectivity index (χ3n) is 5.86. The van der Waals surface area contributed by atoms with Crippen molar-refractivity contribution in [3.8, 4) is 0 Å². The average molecular weight is 438 g/mol. The minimum absolute atomic E-state index is 0.147. The van der Waals surface area contributed by atoms with E-state index in [0.29, 0.717) is 12.2 Å². The second kappa shape index (κ2) is 11.1. The van der Waals surface area contributed by atoms with Crippen LogP contribution in [0.5, 0.6) is 0 Å². The fourth-order valence-electron chi connectivity index (χ4n) is 4.14. The molecule has 6 heteroatoms. The van der Waals surface area contributed by atoms with Gasteiger partial charge in [0, 0.05) is 38.1 Å². The number of esters is 1. The van der Waals surface area contributed by atoms with Gasteiger partial charge in [0.2, 0.25) is 0 Å². The Bertz CT molecular complexity index is 1060. The van der Waals surface area contributed by atoms with Crippen molar-refractivity contribution in [2.75, 3.05) is 44.7 Å². The zero-order valence-corrected chi connectivity index (χ0v) is 19.8. The van der Waals surface area contributed by atoms with Crippen LogP contribution in [-0.2, 0) is 11.3 Å². The standard InChI is InChI=1S/C26H35N3O3/c1-5-7-8-9-12-20(3)19-29-22-14-11-10-13-21(22)24(28-17-15-27(4)16-18-28)23(25(29)30)26(31)32-6-2/h7-8,10-14H,5-6,9,15-19H2,1-4H3/b8-7-,20-12+. The summed E-state index contributed by atoms with van der Waals surface area (Å²) < 4.78 is 7.07. The topological polar surface area (TPSA) is 54.8 Å². The van der Waals surface area contributed by atoms with Crippen LogP contribution in [0.25, 0.3) is 10.9 Å². The first-order valence-electron chi connectivity index (χ1n) is 11.5. The Morgan fingerprint density at radius 3 is 2.50 bits per heavy atom. The summed E-state index contributed by atoms with van der Waals surface area (Å²) in [6.07, 6.45) is 8.23. The Morgan fingerprint density at radius 2 is 1.81 bits per heavy atom. The molecule has 1 aromatic heterocycles. The van der Waals surface area contributed by atoms with Crippen LogP contribution in [-0.4, -0.2) is 55.3 Å². The van der Waals surface area contributed by atoms with E-state index < -0.39 is 5.97 Å². The highest BCUT2D eigenvalue weighted by atomic mass is 16.5. The molecule has 0 N–H and O–H groups in total. The molecule has 0 spiro atoms. The van der Waals surface area contributed by atoms with Crippen LogP contribution >= 0.6 is 0 Å². The van der Waals surface area contributed by atoms with Crippen molar-refractivity contribution in [3.63, 3.8) is 0 Å². The Morgan fingerprint density at radius 1 is 1.09 bits per heavy atom. The smallest absolute Gasteiger partial charge is 0.345 e. The number of para-hydroxylation sites is 1. The van der Waals surface area contributed by atoms with Crippen LogP contribution in [0.2, 0.25) is 0 Å². The van der Waals surface area contributed by atoms with Crippen molar-refractivity contribution >= 4 is 22.6 Å². The van der Waals surface area contributed by atoms with E-state index in [0.717, 1.165) is 55.5 Å². The molecule has 0 atom stereocenters. The fourth-order valence-corrected chi connectivity index (χ4v) is 4.14. The van der Waals surface area contributed by atoms with Crippen molar-refractivity contribution in [3.05, 3.63) is 64.0 Å². The Kier molecular flexibility index (Phi) is 8.28. The van der Waals surface area contributed by atoms with Crippen LogP contribution in [0, 0.1) is 0 Å². The van der Waals surface area contributed by atoms with Crippen molar-refractivity contribution in [2.24, 2.45) is 0 Å². The lowest BCUT2D eigenvalue weighted by atomic mass is 10.1. The van der Waals surface area contributed by atoms with E-state index >= 15 is 0 Å². The number of carbonyl (C=O) groups excluding carboxylic acids is 1. The zero-order valence-electron chi connectivity index (χ0n) is 19.8. The molecule has 6 nitrogen and oxygen atoms in total. The summed E-state index contributed by atoms with van der Waals surface area (Å²) in [7, 11) is 2.09. The number of anilines is 1. The summed E-state index contributed by atoms with van der Waals surface area (Å²) in [5.74, 6) is -0.543. The third-order valence-corrected chi connectivity index (χ3v) is 5.86. The number of allylic oxidation sites excluding steroid dienone is 4. The number of fused-ring (bicyclic) bond motifs is 1. The summed E-state index contributed by atoms with van der Waals surface area (Å²) in [6, 6.07) is 7.88. The zero-order chi connectivity index (χ0) is 23.1. The van der Waals surface area contributed by atoms with Gasteiger partial charge in [-0.05, 0) is 39.8 Å². The van der Waals surface area contributed by atoms with Crippen LogP contribution in [0.15, 0.2) is 52.9 Å². The second-order valence-electron chi connectivity index (χ2n) is 8.31. The van der Waals surface area contributed by atoms with Gasteiger partial charge in [0.15, 0.2) is 0 Å². The number of carbonyl (C=O) groups is 1. The van der Waals surface area contributed by atoms with E-state index in [-0.39, 0.29) is 17.7 Å².